The van der Waals surface area contributed by atoms with Gasteiger partial charge in [0.15, 0.2) is 0 Å². The lowest BCUT2D eigenvalue weighted by Gasteiger charge is -2.29. The molecule has 34 heavy (non-hydrogen) atoms. The van der Waals surface area contributed by atoms with Gasteiger partial charge < -0.3 is 14.2 Å². The molecule has 7 nitrogen and oxygen atoms in total. The fourth-order valence-electron chi connectivity index (χ4n) is 3.82. The predicted molar refractivity (Wildman–Crippen MR) is 128 cm³/mol. The van der Waals surface area contributed by atoms with Gasteiger partial charge in [0.1, 0.15) is 11.5 Å². The first-order chi connectivity index (χ1) is 16.6. The van der Waals surface area contributed by atoms with Gasteiger partial charge in [-0.25, -0.2) is 4.98 Å². The van der Waals surface area contributed by atoms with Crippen molar-refractivity contribution in [3.8, 4) is 17.9 Å². The maximum Gasteiger partial charge on any atom is 0.298 e. The van der Waals surface area contributed by atoms with Crippen LogP contribution in [0.1, 0.15) is 52.0 Å². The molecule has 8 heteroatoms. The molecule has 0 atom stereocenters. The monoisotopic (exact) mass is 472 g/mol. The van der Waals surface area contributed by atoms with Crippen molar-refractivity contribution in [2.75, 3.05) is 19.6 Å². The van der Waals surface area contributed by atoms with Gasteiger partial charge >= 0.3 is 0 Å². The molecule has 0 unspecified atom stereocenters. The number of benzene rings is 1. The summed E-state index contributed by atoms with van der Waals surface area (Å²) in [5, 5.41) is 11.6. The zero-order chi connectivity index (χ0) is 23.8. The molecule has 4 rings (SSSR count). The summed E-state index contributed by atoms with van der Waals surface area (Å²) >= 11 is 1.47. The quantitative estimate of drug-likeness (QED) is 0.505. The van der Waals surface area contributed by atoms with Crippen molar-refractivity contribution in [2.24, 2.45) is 0 Å². The van der Waals surface area contributed by atoms with Crippen LogP contribution in [0.2, 0.25) is 0 Å². The van der Waals surface area contributed by atoms with Crippen LogP contribution in [-0.4, -0.2) is 46.2 Å². The number of piperidine rings is 1. The van der Waals surface area contributed by atoms with Crippen LogP contribution in [0.4, 0.5) is 0 Å². The van der Waals surface area contributed by atoms with E-state index in [0.29, 0.717) is 37.6 Å². The van der Waals surface area contributed by atoms with Gasteiger partial charge in [0.05, 0.1) is 30.3 Å². The highest BCUT2D eigenvalue weighted by Crippen LogP contribution is 2.30. The molecule has 1 saturated heterocycles. The Morgan fingerprint density at radius 2 is 1.97 bits per heavy atom. The molecule has 172 valence electrons. The van der Waals surface area contributed by atoms with Crippen LogP contribution in [0.3, 0.4) is 0 Å². The van der Waals surface area contributed by atoms with E-state index in [2.05, 4.69) is 22.9 Å². The first-order valence-electron chi connectivity index (χ1n) is 11.1. The third kappa shape index (κ3) is 5.92. The number of hydrogen-bond donors (Lipinski definition) is 0. The van der Waals surface area contributed by atoms with Gasteiger partial charge in [-0.3, -0.25) is 9.59 Å². The summed E-state index contributed by atoms with van der Waals surface area (Å²) in [4.78, 5) is 33.5. The number of likely N-dealkylation sites (tertiary alicyclic amines) is 1. The molecule has 1 fully saturated rings. The van der Waals surface area contributed by atoms with Crippen LogP contribution in [0.25, 0.3) is 0 Å². The van der Waals surface area contributed by atoms with Crippen molar-refractivity contribution in [1.29, 1.82) is 5.26 Å². The number of amides is 2. The Labute approximate surface area is 202 Å². The summed E-state index contributed by atoms with van der Waals surface area (Å²) in [6, 6.07) is 15.1. The number of carbonyl (C=O) groups is 2. The highest BCUT2D eigenvalue weighted by Gasteiger charge is 2.27. The van der Waals surface area contributed by atoms with E-state index in [9.17, 15) is 9.59 Å². The Bertz CT molecular complexity index is 1210. The van der Waals surface area contributed by atoms with E-state index in [1.807, 2.05) is 30.3 Å². The second-order valence-electron chi connectivity index (χ2n) is 7.97. The molecule has 0 saturated carbocycles. The highest BCUT2D eigenvalue weighted by atomic mass is 32.1. The van der Waals surface area contributed by atoms with E-state index in [4.69, 9.17) is 9.68 Å². The van der Waals surface area contributed by atoms with Gasteiger partial charge in [-0.2, -0.15) is 5.26 Å². The number of thiazole rings is 1. The average Bonchev–Trinajstić information content (AvgIpc) is 3.58. The van der Waals surface area contributed by atoms with E-state index in [1.165, 1.54) is 11.3 Å². The number of carbonyl (C=O) groups excluding carboxylic acids is 2. The van der Waals surface area contributed by atoms with E-state index in [-0.39, 0.29) is 24.2 Å². The van der Waals surface area contributed by atoms with Crippen molar-refractivity contribution in [2.45, 2.75) is 31.7 Å². The number of furan rings is 1. The summed E-state index contributed by atoms with van der Waals surface area (Å²) < 4.78 is 5.37. The van der Waals surface area contributed by atoms with Crippen LogP contribution in [0, 0.1) is 23.2 Å². The molecule has 2 amide bonds. The van der Waals surface area contributed by atoms with Gasteiger partial charge in [0.2, 0.25) is 0 Å². The van der Waals surface area contributed by atoms with Crippen molar-refractivity contribution < 1.29 is 14.0 Å². The van der Waals surface area contributed by atoms with Crippen molar-refractivity contribution >= 4 is 23.2 Å². The van der Waals surface area contributed by atoms with Gasteiger partial charge in [-0.15, -0.1) is 11.3 Å². The number of hydrogen-bond acceptors (Lipinski definition) is 6. The summed E-state index contributed by atoms with van der Waals surface area (Å²) in [5.41, 5.74) is 1.21. The number of nitriles is 1. The molecular formula is C26H24N4O3S. The summed E-state index contributed by atoms with van der Waals surface area (Å²) in [6.45, 7) is 1.84. The maximum atomic E-state index is 13.1. The minimum Gasteiger partial charge on any atom is -0.467 e. The fourth-order valence-corrected chi connectivity index (χ4v) is 4.78. The van der Waals surface area contributed by atoms with Gasteiger partial charge in [0, 0.05) is 42.4 Å². The first kappa shape index (κ1) is 23.3. The van der Waals surface area contributed by atoms with E-state index in [0.717, 1.165) is 23.4 Å². The topological polar surface area (TPSA) is 90.4 Å². The molecule has 0 radical (unpaired) electrons. The minimum absolute atomic E-state index is 0.164. The lowest BCUT2D eigenvalue weighted by molar-refractivity contribution is -0.126. The van der Waals surface area contributed by atoms with Crippen LogP contribution in [0.15, 0.2) is 58.5 Å². The lowest BCUT2D eigenvalue weighted by Crippen LogP contribution is -2.37. The molecule has 1 aromatic carbocycles. The summed E-state index contributed by atoms with van der Waals surface area (Å²) in [5.74, 6) is 6.14. The maximum absolute atomic E-state index is 13.1. The molecular weight excluding hydrogens is 448 g/mol. The predicted octanol–water partition coefficient (Wildman–Crippen LogP) is 4.05. The Balaban J connectivity index is 1.35. The van der Waals surface area contributed by atoms with Crippen LogP contribution in [-0.2, 0) is 11.3 Å². The zero-order valence-electron chi connectivity index (χ0n) is 18.6. The van der Waals surface area contributed by atoms with Crippen molar-refractivity contribution in [3.63, 3.8) is 0 Å². The third-order valence-electron chi connectivity index (χ3n) is 5.67. The molecule has 0 spiro atoms. The van der Waals surface area contributed by atoms with Crippen molar-refractivity contribution in [1.82, 2.24) is 14.8 Å². The molecule has 2 aromatic heterocycles. The number of rotatable bonds is 6. The molecule has 0 N–H and O–H groups in total. The van der Waals surface area contributed by atoms with Crippen LogP contribution < -0.4 is 0 Å². The average molecular weight is 473 g/mol. The molecule has 1 aliphatic rings. The Kier molecular flexibility index (Phi) is 7.75. The molecule has 1 aliphatic heterocycles. The Morgan fingerprint density at radius 3 is 2.68 bits per heavy atom. The van der Waals surface area contributed by atoms with E-state index in [1.54, 1.807) is 33.6 Å². The van der Waals surface area contributed by atoms with Crippen LogP contribution >= 0.6 is 11.3 Å². The molecule has 3 aromatic rings. The fraction of sp³-hybridized carbons (Fsp3) is 0.308. The van der Waals surface area contributed by atoms with Crippen molar-refractivity contribution in [3.05, 3.63) is 76.1 Å². The first-order valence-corrected chi connectivity index (χ1v) is 12.0. The largest absolute Gasteiger partial charge is 0.467 e. The van der Waals surface area contributed by atoms with Crippen LogP contribution in [0.5, 0.6) is 0 Å². The molecule has 0 bridgehead atoms. The number of aromatic nitrogens is 1. The van der Waals surface area contributed by atoms with E-state index < -0.39 is 0 Å². The second-order valence-corrected chi connectivity index (χ2v) is 8.86. The molecule has 0 aliphatic carbocycles. The number of nitrogens with zero attached hydrogens (tertiary/aromatic N) is 4. The summed E-state index contributed by atoms with van der Waals surface area (Å²) in [7, 11) is 0. The van der Waals surface area contributed by atoms with Gasteiger partial charge in [-0.1, -0.05) is 24.1 Å². The lowest BCUT2D eigenvalue weighted by atomic mass is 9.97. The Hall–Kier alpha value is -3.88. The molecule has 3 heterocycles. The minimum atomic E-state index is -0.210. The standard InChI is InChI=1S/C26H24N4O3S/c27-13-5-14-30(18-22-8-4-17-33-22)26(32)23-19-34-25(28-23)21-11-15-29(16-12-21)24(31)10-9-20-6-2-1-3-7-20/h1-4,6-8,17,19,21H,5,11-12,14-16,18H2. The highest BCUT2D eigenvalue weighted by molar-refractivity contribution is 7.09. The third-order valence-corrected chi connectivity index (χ3v) is 6.67. The normalized spacial score (nSPS) is 13.6. The Morgan fingerprint density at radius 1 is 1.18 bits per heavy atom. The zero-order valence-corrected chi connectivity index (χ0v) is 19.5. The summed E-state index contributed by atoms with van der Waals surface area (Å²) in [6.07, 6.45) is 3.37. The smallest absolute Gasteiger partial charge is 0.298 e. The van der Waals surface area contributed by atoms with Gasteiger partial charge in [0.25, 0.3) is 11.8 Å². The van der Waals surface area contributed by atoms with Gasteiger partial charge in [-0.05, 0) is 37.1 Å². The SMILES string of the molecule is N#CCCN(Cc1ccco1)C(=O)c1csc(C2CCN(C(=O)C#Cc3ccccc3)CC2)n1. The second kappa shape index (κ2) is 11.3. The van der Waals surface area contributed by atoms with E-state index >= 15 is 0 Å².